The molecule has 1 atom stereocenters. The number of rotatable bonds is 6. The Hall–Kier alpha value is -2.96. The third-order valence-corrected chi connectivity index (χ3v) is 7.23. The van der Waals surface area contributed by atoms with Crippen molar-refractivity contribution in [1.29, 1.82) is 0 Å². The molecule has 0 saturated carbocycles. The van der Waals surface area contributed by atoms with Crippen LogP contribution in [0.2, 0.25) is 0 Å². The Morgan fingerprint density at radius 3 is 2.41 bits per heavy atom. The number of nitrogens with one attached hydrogen (secondary N) is 1. The van der Waals surface area contributed by atoms with Gasteiger partial charge in [0.05, 0.1) is 23.6 Å². The molecular weight excluding hydrogens is 488 g/mol. The minimum absolute atomic E-state index is 0.0255. The number of halogens is 1. The molecule has 6 heteroatoms. The lowest BCUT2D eigenvalue weighted by Crippen LogP contribution is -2.41. The molecule has 1 aliphatic rings. The van der Waals surface area contributed by atoms with Crippen LogP contribution in [0.5, 0.6) is 0 Å². The van der Waals surface area contributed by atoms with Crippen LogP contribution in [0.3, 0.4) is 0 Å². The standard InChI is InChI=1S/C28H29BrN4O/c1-20(21-7-3-2-4-8-21)30-28(34)22-15-17-32(18-16-22)19-27-31-25-9-5-6-10-26(25)33(27)24-13-11-23(29)12-14-24/h2-14,20,22H,15-19H2,1H3,(H,30,34)/t20-/m1/s1. The van der Waals surface area contributed by atoms with Crippen molar-refractivity contribution in [1.82, 2.24) is 19.8 Å². The minimum atomic E-state index is 0.0255. The summed E-state index contributed by atoms with van der Waals surface area (Å²) in [6, 6.07) is 26.8. The highest BCUT2D eigenvalue weighted by Crippen LogP contribution is 2.26. The van der Waals surface area contributed by atoms with Gasteiger partial charge in [0.15, 0.2) is 0 Å². The molecule has 0 aliphatic carbocycles. The molecule has 1 fully saturated rings. The van der Waals surface area contributed by atoms with Crippen molar-refractivity contribution in [2.45, 2.75) is 32.4 Å². The quantitative estimate of drug-likeness (QED) is 0.348. The Bertz CT molecular complexity index is 1260. The summed E-state index contributed by atoms with van der Waals surface area (Å²) in [5.41, 5.74) is 4.37. The molecule has 0 bridgehead atoms. The molecule has 2 heterocycles. The highest BCUT2D eigenvalue weighted by molar-refractivity contribution is 9.10. The summed E-state index contributed by atoms with van der Waals surface area (Å²) in [5.74, 6) is 1.26. The van der Waals surface area contributed by atoms with Crippen molar-refractivity contribution >= 4 is 32.9 Å². The molecule has 3 aromatic carbocycles. The first-order valence-corrected chi connectivity index (χ1v) is 12.7. The molecule has 5 rings (SSSR count). The van der Waals surface area contributed by atoms with Crippen LogP contribution in [-0.2, 0) is 11.3 Å². The fourth-order valence-corrected chi connectivity index (χ4v) is 5.03. The largest absolute Gasteiger partial charge is 0.349 e. The molecule has 1 aliphatic heterocycles. The summed E-state index contributed by atoms with van der Waals surface area (Å²) >= 11 is 3.54. The molecule has 5 nitrogen and oxygen atoms in total. The summed E-state index contributed by atoms with van der Waals surface area (Å²) < 4.78 is 3.31. The number of hydrogen-bond acceptors (Lipinski definition) is 3. The fraction of sp³-hybridized carbons (Fsp3) is 0.286. The van der Waals surface area contributed by atoms with Crippen LogP contribution >= 0.6 is 15.9 Å². The van der Waals surface area contributed by atoms with Crippen molar-refractivity contribution in [3.8, 4) is 5.69 Å². The molecule has 174 valence electrons. The average molecular weight is 517 g/mol. The highest BCUT2D eigenvalue weighted by atomic mass is 79.9. The van der Waals surface area contributed by atoms with E-state index in [-0.39, 0.29) is 17.9 Å². The molecule has 34 heavy (non-hydrogen) atoms. The maximum atomic E-state index is 12.9. The number of piperidine rings is 1. The molecule has 0 spiro atoms. The third kappa shape index (κ3) is 4.93. The number of hydrogen-bond donors (Lipinski definition) is 1. The zero-order valence-corrected chi connectivity index (χ0v) is 20.9. The van der Waals surface area contributed by atoms with Gasteiger partial charge in [-0.1, -0.05) is 58.4 Å². The lowest BCUT2D eigenvalue weighted by atomic mass is 9.95. The molecule has 1 saturated heterocycles. The molecule has 1 aromatic heterocycles. The number of carbonyl (C=O) groups excluding carboxylic acids is 1. The van der Waals surface area contributed by atoms with Gasteiger partial charge in [0.25, 0.3) is 0 Å². The van der Waals surface area contributed by atoms with Gasteiger partial charge in [-0.05, 0) is 74.8 Å². The van der Waals surface area contributed by atoms with E-state index in [1.807, 2.05) is 24.3 Å². The van der Waals surface area contributed by atoms with E-state index in [1.165, 1.54) is 0 Å². The Labute approximate surface area is 208 Å². The van der Waals surface area contributed by atoms with Crippen LogP contribution in [0.4, 0.5) is 0 Å². The lowest BCUT2D eigenvalue weighted by Gasteiger charge is -2.31. The Kier molecular flexibility index (Phi) is 6.79. The summed E-state index contributed by atoms with van der Waals surface area (Å²) in [6.45, 7) is 4.59. The first kappa shape index (κ1) is 22.8. The van der Waals surface area contributed by atoms with Gasteiger partial charge in [0, 0.05) is 16.1 Å². The van der Waals surface area contributed by atoms with E-state index >= 15 is 0 Å². The number of para-hydroxylation sites is 2. The van der Waals surface area contributed by atoms with Gasteiger partial charge in [-0.3, -0.25) is 14.3 Å². The Balaban J connectivity index is 1.26. The van der Waals surface area contributed by atoms with Gasteiger partial charge in [-0.15, -0.1) is 0 Å². The Morgan fingerprint density at radius 2 is 1.68 bits per heavy atom. The second-order valence-corrected chi connectivity index (χ2v) is 9.94. The number of aromatic nitrogens is 2. The maximum absolute atomic E-state index is 12.9. The lowest BCUT2D eigenvalue weighted by molar-refractivity contribution is -0.127. The van der Waals surface area contributed by atoms with Gasteiger partial charge in [-0.2, -0.15) is 0 Å². The summed E-state index contributed by atoms with van der Waals surface area (Å²) in [7, 11) is 0. The topological polar surface area (TPSA) is 50.2 Å². The summed E-state index contributed by atoms with van der Waals surface area (Å²) in [6.07, 6.45) is 1.73. The first-order valence-electron chi connectivity index (χ1n) is 11.9. The molecule has 1 amide bonds. The van der Waals surface area contributed by atoms with Crippen molar-refractivity contribution in [2.24, 2.45) is 5.92 Å². The van der Waals surface area contributed by atoms with Crippen LogP contribution in [0, 0.1) is 5.92 Å². The van der Waals surface area contributed by atoms with Crippen molar-refractivity contribution in [2.75, 3.05) is 13.1 Å². The number of amides is 1. The number of benzene rings is 3. The Morgan fingerprint density at radius 1 is 1.00 bits per heavy atom. The fourth-order valence-electron chi connectivity index (χ4n) is 4.77. The van der Waals surface area contributed by atoms with Gasteiger partial charge >= 0.3 is 0 Å². The number of nitrogens with zero attached hydrogens (tertiary/aromatic N) is 3. The van der Waals surface area contributed by atoms with E-state index in [2.05, 4.69) is 92.2 Å². The van der Waals surface area contributed by atoms with Crippen LogP contribution in [0.25, 0.3) is 16.7 Å². The molecule has 1 N–H and O–H groups in total. The predicted molar refractivity (Wildman–Crippen MR) is 140 cm³/mol. The number of likely N-dealkylation sites (tertiary alicyclic amines) is 1. The van der Waals surface area contributed by atoms with E-state index in [0.717, 1.165) is 65.1 Å². The number of fused-ring (bicyclic) bond motifs is 1. The van der Waals surface area contributed by atoms with Crippen LogP contribution in [0.1, 0.15) is 37.2 Å². The molecule has 0 radical (unpaired) electrons. The van der Waals surface area contributed by atoms with Crippen molar-refractivity contribution in [3.05, 3.63) is 94.7 Å². The van der Waals surface area contributed by atoms with E-state index < -0.39 is 0 Å². The van der Waals surface area contributed by atoms with Crippen LogP contribution in [-0.4, -0.2) is 33.4 Å². The second-order valence-electron chi connectivity index (χ2n) is 9.02. The molecule has 0 unspecified atom stereocenters. The zero-order valence-electron chi connectivity index (χ0n) is 19.3. The first-order chi connectivity index (χ1) is 16.6. The summed E-state index contributed by atoms with van der Waals surface area (Å²) in [5, 5.41) is 3.21. The van der Waals surface area contributed by atoms with Gasteiger partial charge < -0.3 is 5.32 Å². The second kappa shape index (κ2) is 10.1. The number of imidazole rings is 1. The minimum Gasteiger partial charge on any atom is -0.349 e. The normalized spacial score (nSPS) is 15.9. The third-order valence-electron chi connectivity index (χ3n) is 6.70. The number of carbonyl (C=O) groups is 1. The van der Waals surface area contributed by atoms with Crippen molar-refractivity contribution in [3.63, 3.8) is 0 Å². The molecular formula is C28H29BrN4O. The maximum Gasteiger partial charge on any atom is 0.223 e. The monoisotopic (exact) mass is 516 g/mol. The van der Waals surface area contributed by atoms with E-state index in [0.29, 0.717) is 0 Å². The zero-order chi connectivity index (χ0) is 23.5. The van der Waals surface area contributed by atoms with E-state index in [1.54, 1.807) is 0 Å². The predicted octanol–water partition coefficient (Wildman–Crippen LogP) is 5.88. The van der Waals surface area contributed by atoms with E-state index in [4.69, 9.17) is 4.98 Å². The van der Waals surface area contributed by atoms with Gasteiger partial charge in [-0.25, -0.2) is 4.98 Å². The van der Waals surface area contributed by atoms with Crippen LogP contribution < -0.4 is 5.32 Å². The highest BCUT2D eigenvalue weighted by Gasteiger charge is 2.27. The SMILES string of the molecule is C[C@@H](NC(=O)C1CCN(Cc2nc3ccccc3n2-c2ccc(Br)cc2)CC1)c1ccccc1. The van der Waals surface area contributed by atoms with Crippen molar-refractivity contribution < 1.29 is 4.79 Å². The van der Waals surface area contributed by atoms with Gasteiger partial charge in [0.1, 0.15) is 5.82 Å². The smallest absolute Gasteiger partial charge is 0.223 e. The average Bonchev–Trinajstić information content (AvgIpc) is 3.23. The van der Waals surface area contributed by atoms with Crippen LogP contribution in [0.15, 0.2) is 83.3 Å². The van der Waals surface area contributed by atoms with E-state index in [9.17, 15) is 4.79 Å². The summed E-state index contributed by atoms with van der Waals surface area (Å²) in [4.78, 5) is 20.3. The molecule has 4 aromatic rings. The van der Waals surface area contributed by atoms with Gasteiger partial charge in [0.2, 0.25) is 5.91 Å².